The molecular formula is C11H18ClN3O. The van der Waals surface area contributed by atoms with E-state index in [0.717, 1.165) is 18.5 Å². The number of ether oxygens (including phenoxy) is 1. The Bertz CT molecular complexity index is 333. The Morgan fingerprint density at radius 1 is 1.50 bits per heavy atom. The van der Waals surface area contributed by atoms with Crippen molar-refractivity contribution in [2.24, 2.45) is 0 Å². The van der Waals surface area contributed by atoms with E-state index < -0.39 is 0 Å². The minimum Gasteiger partial charge on any atom is -0.481 e. The van der Waals surface area contributed by atoms with Crippen molar-refractivity contribution in [2.45, 2.75) is 32.7 Å². The number of rotatable bonds is 6. The van der Waals surface area contributed by atoms with Crippen LogP contribution < -0.4 is 10.1 Å². The summed E-state index contributed by atoms with van der Waals surface area (Å²) in [5, 5.41) is 3.26. The zero-order valence-corrected chi connectivity index (χ0v) is 10.7. The maximum absolute atomic E-state index is 5.73. The van der Waals surface area contributed by atoms with Crippen LogP contribution in [0.3, 0.4) is 0 Å². The fourth-order valence-electron chi connectivity index (χ4n) is 1.40. The first kappa shape index (κ1) is 13.0. The van der Waals surface area contributed by atoms with Gasteiger partial charge in [0.25, 0.3) is 0 Å². The summed E-state index contributed by atoms with van der Waals surface area (Å²) in [6, 6.07) is 2.11. The Morgan fingerprint density at radius 2 is 2.25 bits per heavy atom. The molecule has 1 unspecified atom stereocenters. The van der Waals surface area contributed by atoms with Crippen molar-refractivity contribution < 1.29 is 4.74 Å². The molecule has 1 aromatic heterocycles. The Labute approximate surface area is 101 Å². The van der Waals surface area contributed by atoms with E-state index in [9.17, 15) is 0 Å². The van der Waals surface area contributed by atoms with E-state index >= 15 is 0 Å². The van der Waals surface area contributed by atoms with Gasteiger partial charge in [-0.2, -0.15) is 4.98 Å². The second kappa shape index (κ2) is 6.53. The van der Waals surface area contributed by atoms with E-state index in [1.54, 1.807) is 13.2 Å². The maximum Gasteiger partial charge on any atom is 0.226 e. The Kier molecular flexibility index (Phi) is 5.32. The van der Waals surface area contributed by atoms with Gasteiger partial charge in [-0.15, -0.1) is 11.6 Å². The quantitative estimate of drug-likeness (QED) is 0.781. The minimum atomic E-state index is 0.309. The van der Waals surface area contributed by atoms with Crippen molar-refractivity contribution in [1.29, 1.82) is 0 Å². The highest BCUT2D eigenvalue weighted by molar-refractivity contribution is 6.17. The highest BCUT2D eigenvalue weighted by atomic mass is 35.5. The second-order valence-corrected chi connectivity index (χ2v) is 3.98. The number of nitrogens with zero attached hydrogens (tertiary/aromatic N) is 2. The molecule has 0 radical (unpaired) electrons. The van der Waals surface area contributed by atoms with Crippen LogP contribution in [-0.4, -0.2) is 29.0 Å². The Morgan fingerprint density at radius 3 is 2.81 bits per heavy atom. The number of nitrogens with one attached hydrogen (secondary N) is 1. The first-order valence-electron chi connectivity index (χ1n) is 5.41. The van der Waals surface area contributed by atoms with Crippen LogP contribution in [-0.2, 0) is 0 Å². The molecule has 0 aliphatic rings. The summed E-state index contributed by atoms with van der Waals surface area (Å²) in [4.78, 5) is 8.54. The monoisotopic (exact) mass is 243 g/mol. The fourth-order valence-corrected chi connectivity index (χ4v) is 1.66. The third kappa shape index (κ3) is 3.85. The van der Waals surface area contributed by atoms with Gasteiger partial charge in [0, 0.05) is 23.7 Å². The van der Waals surface area contributed by atoms with E-state index in [2.05, 4.69) is 22.2 Å². The molecule has 0 saturated heterocycles. The molecule has 0 fully saturated rings. The summed E-state index contributed by atoms with van der Waals surface area (Å²) in [6.07, 6.45) is 1.89. The van der Waals surface area contributed by atoms with Crippen LogP contribution in [0.15, 0.2) is 6.07 Å². The molecule has 16 heavy (non-hydrogen) atoms. The number of hydrogen-bond donors (Lipinski definition) is 1. The number of methoxy groups -OCH3 is 1. The van der Waals surface area contributed by atoms with Gasteiger partial charge in [-0.1, -0.05) is 6.92 Å². The first-order chi connectivity index (χ1) is 7.69. The molecule has 5 heteroatoms. The molecule has 90 valence electrons. The molecule has 0 saturated carbocycles. The molecule has 0 aliphatic carbocycles. The molecule has 1 aromatic rings. The van der Waals surface area contributed by atoms with Crippen LogP contribution in [0, 0.1) is 6.92 Å². The van der Waals surface area contributed by atoms with E-state index in [-0.39, 0.29) is 0 Å². The average molecular weight is 244 g/mol. The number of alkyl halides is 1. The largest absolute Gasteiger partial charge is 0.481 e. The highest BCUT2D eigenvalue weighted by Gasteiger charge is 2.08. The van der Waals surface area contributed by atoms with Gasteiger partial charge >= 0.3 is 0 Å². The maximum atomic E-state index is 5.73. The fraction of sp³-hybridized carbons (Fsp3) is 0.636. The van der Waals surface area contributed by atoms with Gasteiger partial charge in [0.05, 0.1) is 7.11 Å². The summed E-state index contributed by atoms with van der Waals surface area (Å²) in [7, 11) is 1.60. The van der Waals surface area contributed by atoms with Crippen molar-refractivity contribution in [3.8, 4) is 5.88 Å². The van der Waals surface area contributed by atoms with Crippen LogP contribution in [0.1, 0.15) is 25.5 Å². The van der Waals surface area contributed by atoms with Gasteiger partial charge in [0.1, 0.15) is 0 Å². The first-order valence-corrected chi connectivity index (χ1v) is 5.95. The predicted octanol–water partition coefficient (Wildman–Crippen LogP) is 2.61. The SMILES string of the molecule is CCC(CCCl)Nc1nc(C)cc(OC)n1. The van der Waals surface area contributed by atoms with Crippen LogP contribution in [0.4, 0.5) is 5.95 Å². The summed E-state index contributed by atoms with van der Waals surface area (Å²) in [5.41, 5.74) is 0.884. The molecule has 1 heterocycles. The molecule has 0 spiro atoms. The molecule has 0 amide bonds. The number of anilines is 1. The van der Waals surface area contributed by atoms with Crippen molar-refractivity contribution in [3.63, 3.8) is 0 Å². The van der Waals surface area contributed by atoms with Crippen molar-refractivity contribution >= 4 is 17.5 Å². The van der Waals surface area contributed by atoms with Crippen LogP contribution in [0.5, 0.6) is 5.88 Å². The summed E-state index contributed by atoms with van der Waals surface area (Å²) >= 11 is 5.73. The predicted molar refractivity (Wildman–Crippen MR) is 66.4 cm³/mol. The third-order valence-corrected chi connectivity index (χ3v) is 2.54. The molecule has 4 nitrogen and oxygen atoms in total. The van der Waals surface area contributed by atoms with Gasteiger partial charge in [-0.3, -0.25) is 0 Å². The lowest BCUT2D eigenvalue weighted by molar-refractivity contribution is 0.396. The molecule has 0 aromatic carbocycles. The smallest absolute Gasteiger partial charge is 0.226 e. The Balaban J connectivity index is 2.74. The van der Waals surface area contributed by atoms with Crippen LogP contribution in [0.25, 0.3) is 0 Å². The summed E-state index contributed by atoms with van der Waals surface area (Å²) in [5.74, 6) is 1.82. The molecule has 0 aliphatic heterocycles. The molecule has 1 N–H and O–H groups in total. The van der Waals surface area contributed by atoms with E-state index in [4.69, 9.17) is 16.3 Å². The van der Waals surface area contributed by atoms with Gasteiger partial charge in [0.15, 0.2) is 0 Å². The second-order valence-electron chi connectivity index (χ2n) is 3.60. The van der Waals surface area contributed by atoms with E-state index in [0.29, 0.717) is 23.8 Å². The molecule has 0 bridgehead atoms. The van der Waals surface area contributed by atoms with Gasteiger partial charge < -0.3 is 10.1 Å². The van der Waals surface area contributed by atoms with E-state index in [1.807, 2.05) is 6.92 Å². The highest BCUT2D eigenvalue weighted by Crippen LogP contribution is 2.13. The van der Waals surface area contributed by atoms with Gasteiger partial charge in [-0.25, -0.2) is 4.98 Å². The lowest BCUT2D eigenvalue weighted by Crippen LogP contribution is -2.20. The van der Waals surface area contributed by atoms with Gasteiger partial charge in [-0.05, 0) is 19.8 Å². The average Bonchev–Trinajstić information content (AvgIpc) is 2.27. The van der Waals surface area contributed by atoms with Crippen molar-refractivity contribution in [3.05, 3.63) is 11.8 Å². The lowest BCUT2D eigenvalue weighted by atomic mass is 10.2. The molecule has 1 rings (SSSR count). The number of hydrogen-bond acceptors (Lipinski definition) is 4. The lowest BCUT2D eigenvalue weighted by Gasteiger charge is -2.16. The minimum absolute atomic E-state index is 0.309. The van der Waals surface area contributed by atoms with Crippen LogP contribution >= 0.6 is 11.6 Å². The summed E-state index contributed by atoms with van der Waals surface area (Å²) < 4.78 is 5.09. The van der Waals surface area contributed by atoms with Crippen molar-refractivity contribution in [1.82, 2.24) is 9.97 Å². The zero-order valence-electron chi connectivity index (χ0n) is 9.96. The topological polar surface area (TPSA) is 47.0 Å². The Hall–Kier alpha value is -1.03. The normalized spacial score (nSPS) is 12.2. The van der Waals surface area contributed by atoms with Crippen LogP contribution in [0.2, 0.25) is 0 Å². The molecular weight excluding hydrogens is 226 g/mol. The summed E-state index contributed by atoms with van der Waals surface area (Å²) in [6.45, 7) is 4.02. The van der Waals surface area contributed by atoms with Gasteiger partial charge in [0.2, 0.25) is 11.8 Å². The number of aryl methyl sites for hydroxylation is 1. The molecule has 1 atom stereocenters. The van der Waals surface area contributed by atoms with Crippen molar-refractivity contribution in [2.75, 3.05) is 18.3 Å². The number of halogens is 1. The standard InChI is InChI=1S/C11H18ClN3O/c1-4-9(5-6-12)14-11-13-8(2)7-10(15-11)16-3/h7,9H,4-6H2,1-3H3,(H,13,14,15). The third-order valence-electron chi connectivity index (χ3n) is 2.32. The number of aromatic nitrogens is 2. The zero-order chi connectivity index (χ0) is 12.0. The van der Waals surface area contributed by atoms with E-state index in [1.165, 1.54) is 0 Å².